The van der Waals surface area contributed by atoms with Crippen LogP contribution in [0, 0.1) is 29.6 Å². The lowest BCUT2D eigenvalue weighted by Crippen LogP contribution is -2.15. The van der Waals surface area contributed by atoms with Gasteiger partial charge in [0.1, 0.15) is 6.07 Å². The standard InChI is InChI=1S/C21H20N4/c1-15-11-16(7-8-18(15)21(2,3)13-23)9-10-25-14-24-19-6-4-5-17(12-22)20(19)25/h4-8,11,14H,9-10H2,1-3H3. The molecule has 4 nitrogen and oxygen atoms in total. The summed E-state index contributed by atoms with van der Waals surface area (Å²) in [5.74, 6) is 0. The fourth-order valence-electron chi connectivity index (χ4n) is 3.28. The Hall–Kier alpha value is -3.11. The summed E-state index contributed by atoms with van der Waals surface area (Å²) < 4.78 is 2.04. The number of hydrogen-bond acceptors (Lipinski definition) is 3. The summed E-state index contributed by atoms with van der Waals surface area (Å²) in [5, 5.41) is 18.6. The minimum absolute atomic E-state index is 0.481. The van der Waals surface area contributed by atoms with Gasteiger partial charge in [-0.1, -0.05) is 24.3 Å². The van der Waals surface area contributed by atoms with E-state index in [-0.39, 0.29) is 0 Å². The van der Waals surface area contributed by atoms with E-state index < -0.39 is 5.41 Å². The van der Waals surface area contributed by atoms with E-state index in [1.165, 1.54) is 5.56 Å². The molecule has 0 saturated heterocycles. The van der Waals surface area contributed by atoms with E-state index in [1.54, 1.807) is 6.33 Å². The van der Waals surface area contributed by atoms with Crippen LogP contribution in [-0.2, 0) is 18.4 Å². The molecule has 3 rings (SSSR count). The molecule has 0 bridgehead atoms. The zero-order chi connectivity index (χ0) is 18.0. The molecule has 0 amide bonds. The second kappa shape index (κ2) is 6.42. The average Bonchev–Trinajstić information content (AvgIpc) is 3.03. The van der Waals surface area contributed by atoms with Crippen molar-refractivity contribution < 1.29 is 0 Å². The van der Waals surface area contributed by atoms with Crippen LogP contribution >= 0.6 is 0 Å². The van der Waals surface area contributed by atoms with Crippen molar-refractivity contribution in [2.45, 2.75) is 39.2 Å². The summed E-state index contributed by atoms with van der Waals surface area (Å²) >= 11 is 0. The second-order valence-electron chi connectivity index (χ2n) is 6.86. The molecule has 3 aromatic rings. The lowest BCUT2D eigenvalue weighted by molar-refractivity contribution is 0.678. The summed E-state index contributed by atoms with van der Waals surface area (Å²) in [6.45, 7) is 6.69. The van der Waals surface area contributed by atoms with Gasteiger partial charge in [0.15, 0.2) is 0 Å². The Morgan fingerprint density at radius 1 is 1.16 bits per heavy atom. The maximum atomic E-state index is 9.33. The van der Waals surface area contributed by atoms with Crippen LogP contribution in [0.5, 0.6) is 0 Å². The van der Waals surface area contributed by atoms with Crippen molar-refractivity contribution in [3.05, 3.63) is 65.0 Å². The zero-order valence-electron chi connectivity index (χ0n) is 14.7. The summed E-state index contributed by atoms with van der Waals surface area (Å²) in [7, 11) is 0. The van der Waals surface area contributed by atoms with Crippen molar-refractivity contribution in [1.29, 1.82) is 10.5 Å². The van der Waals surface area contributed by atoms with Gasteiger partial charge in [-0.3, -0.25) is 0 Å². The van der Waals surface area contributed by atoms with Crippen molar-refractivity contribution in [3.63, 3.8) is 0 Å². The molecule has 0 aliphatic carbocycles. The number of aryl methyl sites for hydroxylation is 3. The highest BCUT2D eigenvalue weighted by atomic mass is 15.0. The van der Waals surface area contributed by atoms with Crippen molar-refractivity contribution >= 4 is 11.0 Å². The molecule has 0 spiro atoms. The van der Waals surface area contributed by atoms with E-state index in [4.69, 9.17) is 0 Å². The highest BCUT2D eigenvalue weighted by Crippen LogP contribution is 2.26. The third-order valence-electron chi connectivity index (χ3n) is 4.64. The molecule has 0 N–H and O–H groups in total. The Kier molecular flexibility index (Phi) is 4.30. The fourth-order valence-corrected chi connectivity index (χ4v) is 3.28. The molecule has 0 aliphatic rings. The minimum atomic E-state index is -0.481. The number of imidazole rings is 1. The first-order valence-corrected chi connectivity index (χ1v) is 8.31. The largest absolute Gasteiger partial charge is 0.329 e. The van der Waals surface area contributed by atoms with Gasteiger partial charge in [0.05, 0.1) is 34.4 Å². The smallest absolute Gasteiger partial charge is 0.101 e. The molecule has 0 unspecified atom stereocenters. The Bertz CT molecular complexity index is 1010. The highest BCUT2D eigenvalue weighted by molar-refractivity contribution is 5.81. The molecule has 0 atom stereocenters. The van der Waals surface area contributed by atoms with Crippen molar-refractivity contribution in [1.82, 2.24) is 9.55 Å². The van der Waals surface area contributed by atoms with E-state index in [0.717, 1.165) is 35.1 Å². The van der Waals surface area contributed by atoms with Gasteiger partial charge in [0, 0.05) is 6.54 Å². The van der Waals surface area contributed by atoms with Crippen LogP contribution in [0.1, 0.15) is 36.1 Å². The van der Waals surface area contributed by atoms with Crippen LogP contribution in [-0.4, -0.2) is 9.55 Å². The molecule has 1 heterocycles. The molecular weight excluding hydrogens is 308 g/mol. The maximum Gasteiger partial charge on any atom is 0.101 e. The second-order valence-corrected chi connectivity index (χ2v) is 6.86. The first-order valence-electron chi connectivity index (χ1n) is 8.31. The van der Waals surface area contributed by atoms with Gasteiger partial charge in [-0.05, 0) is 56.0 Å². The zero-order valence-corrected chi connectivity index (χ0v) is 14.7. The molecule has 2 aromatic carbocycles. The fraction of sp³-hybridized carbons (Fsp3) is 0.286. The van der Waals surface area contributed by atoms with E-state index >= 15 is 0 Å². The molecule has 124 valence electrons. The Labute approximate surface area is 148 Å². The molecule has 0 fully saturated rings. The molecule has 0 aliphatic heterocycles. The van der Waals surface area contributed by atoms with Gasteiger partial charge in [0.2, 0.25) is 0 Å². The predicted molar refractivity (Wildman–Crippen MR) is 98.0 cm³/mol. The lowest BCUT2D eigenvalue weighted by atomic mass is 9.83. The Morgan fingerprint density at radius 2 is 1.96 bits per heavy atom. The van der Waals surface area contributed by atoms with E-state index in [2.05, 4.69) is 42.2 Å². The quantitative estimate of drug-likeness (QED) is 0.718. The number of hydrogen-bond donors (Lipinski definition) is 0. The number of rotatable bonds is 4. The van der Waals surface area contributed by atoms with Crippen LogP contribution in [0.3, 0.4) is 0 Å². The lowest BCUT2D eigenvalue weighted by Gasteiger charge is -2.19. The van der Waals surface area contributed by atoms with Gasteiger partial charge in [-0.15, -0.1) is 0 Å². The molecule has 4 heteroatoms. The van der Waals surface area contributed by atoms with Gasteiger partial charge >= 0.3 is 0 Å². The first-order chi connectivity index (χ1) is 12.0. The summed E-state index contributed by atoms with van der Waals surface area (Å²) in [4.78, 5) is 4.39. The summed E-state index contributed by atoms with van der Waals surface area (Å²) in [5.41, 5.74) is 5.33. The highest BCUT2D eigenvalue weighted by Gasteiger charge is 2.21. The number of fused-ring (bicyclic) bond motifs is 1. The van der Waals surface area contributed by atoms with Crippen LogP contribution in [0.15, 0.2) is 42.7 Å². The normalized spacial score (nSPS) is 11.2. The van der Waals surface area contributed by atoms with Crippen LogP contribution < -0.4 is 0 Å². The minimum Gasteiger partial charge on any atom is -0.329 e. The number of aromatic nitrogens is 2. The monoisotopic (exact) mass is 328 g/mol. The SMILES string of the molecule is Cc1cc(CCn2cnc3cccc(C#N)c32)ccc1C(C)(C)C#N. The summed E-state index contributed by atoms with van der Waals surface area (Å²) in [6.07, 6.45) is 2.64. The average molecular weight is 328 g/mol. The van der Waals surface area contributed by atoms with Gasteiger partial charge in [0.25, 0.3) is 0 Å². The summed E-state index contributed by atoms with van der Waals surface area (Å²) in [6, 6.07) is 16.5. The molecule has 0 radical (unpaired) electrons. The van der Waals surface area contributed by atoms with Crippen molar-refractivity contribution in [2.75, 3.05) is 0 Å². The van der Waals surface area contributed by atoms with Crippen LogP contribution in [0.25, 0.3) is 11.0 Å². The molecule has 0 saturated carbocycles. The van der Waals surface area contributed by atoms with Gasteiger partial charge in [-0.2, -0.15) is 10.5 Å². The number of nitriles is 2. The maximum absolute atomic E-state index is 9.33. The Morgan fingerprint density at radius 3 is 2.64 bits per heavy atom. The molecule has 1 aromatic heterocycles. The van der Waals surface area contributed by atoms with E-state index in [1.807, 2.05) is 36.6 Å². The molecule has 25 heavy (non-hydrogen) atoms. The van der Waals surface area contributed by atoms with Gasteiger partial charge in [-0.25, -0.2) is 4.98 Å². The topological polar surface area (TPSA) is 65.4 Å². The number of nitrogens with zero attached hydrogens (tertiary/aromatic N) is 4. The first kappa shape index (κ1) is 16.7. The third kappa shape index (κ3) is 3.12. The van der Waals surface area contributed by atoms with Gasteiger partial charge < -0.3 is 4.57 Å². The van der Waals surface area contributed by atoms with Crippen molar-refractivity contribution in [3.8, 4) is 12.1 Å². The van der Waals surface area contributed by atoms with E-state index in [9.17, 15) is 10.5 Å². The van der Waals surface area contributed by atoms with E-state index in [0.29, 0.717) is 5.56 Å². The van der Waals surface area contributed by atoms with Crippen molar-refractivity contribution in [2.24, 2.45) is 0 Å². The number of para-hydroxylation sites is 1. The van der Waals surface area contributed by atoms with Crippen LogP contribution in [0.2, 0.25) is 0 Å². The number of benzene rings is 2. The molecular formula is C21H20N4. The van der Waals surface area contributed by atoms with Crippen LogP contribution in [0.4, 0.5) is 0 Å². The predicted octanol–water partition coefficient (Wildman–Crippen LogP) is 4.26. The third-order valence-corrected chi connectivity index (χ3v) is 4.64. The Balaban J connectivity index is 1.85.